The molecule has 0 saturated heterocycles. The lowest BCUT2D eigenvalue weighted by atomic mass is 10.3. The third-order valence-electron chi connectivity index (χ3n) is 1.66. The first-order valence-electron chi connectivity index (χ1n) is 4.00. The van der Waals surface area contributed by atoms with Gasteiger partial charge in [-0.15, -0.1) is 0 Å². The van der Waals surface area contributed by atoms with E-state index in [-0.39, 0.29) is 26.5 Å². The van der Waals surface area contributed by atoms with Gasteiger partial charge in [0.05, 0.1) is 26.5 Å². The molecule has 15 heavy (non-hydrogen) atoms. The third-order valence-corrected chi connectivity index (χ3v) is 3.98. The number of nitrogens with one attached hydrogen (secondary N) is 1. The van der Waals surface area contributed by atoms with Crippen molar-refractivity contribution >= 4 is 50.5 Å². The van der Waals surface area contributed by atoms with E-state index in [9.17, 15) is 8.42 Å². The van der Waals surface area contributed by atoms with Crippen molar-refractivity contribution in [1.82, 2.24) is 0 Å². The second kappa shape index (κ2) is 4.78. The first kappa shape index (κ1) is 12.9. The number of hydrogen-bond donors (Lipinski definition) is 1. The third kappa shape index (κ3) is 3.41. The highest BCUT2D eigenvalue weighted by molar-refractivity contribution is 7.92. The van der Waals surface area contributed by atoms with Gasteiger partial charge in [-0.3, -0.25) is 4.72 Å². The summed E-state index contributed by atoms with van der Waals surface area (Å²) in [5, 5.41) is 0.734. The largest absolute Gasteiger partial charge is 0.282 e. The van der Waals surface area contributed by atoms with Crippen LogP contribution in [-0.4, -0.2) is 14.2 Å². The van der Waals surface area contributed by atoms with Gasteiger partial charge in [-0.1, -0.05) is 34.8 Å². The maximum Gasteiger partial charge on any atom is 0.232 e. The van der Waals surface area contributed by atoms with Crippen molar-refractivity contribution in [3.63, 3.8) is 0 Å². The van der Waals surface area contributed by atoms with Crippen molar-refractivity contribution in [2.24, 2.45) is 0 Å². The van der Waals surface area contributed by atoms with Crippen LogP contribution in [0.2, 0.25) is 15.1 Å². The van der Waals surface area contributed by atoms with Crippen LogP contribution >= 0.6 is 34.8 Å². The van der Waals surface area contributed by atoms with Gasteiger partial charge in [0.25, 0.3) is 0 Å². The fraction of sp³-hybridized carbons (Fsp3) is 0.250. The molecule has 1 N–H and O–H groups in total. The Hall–Kier alpha value is -0.160. The molecule has 0 radical (unpaired) electrons. The van der Waals surface area contributed by atoms with E-state index in [1.807, 2.05) is 0 Å². The predicted molar refractivity (Wildman–Crippen MR) is 64.6 cm³/mol. The first-order valence-corrected chi connectivity index (χ1v) is 6.79. The standard InChI is InChI=1S/C8H8Cl3NO2S/c1-2-15(13,14)12-8-4-6(10)5(9)3-7(8)11/h3-4,12H,2H2,1H3. The lowest BCUT2D eigenvalue weighted by Gasteiger charge is -2.08. The Morgan fingerprint density at radius 1 is 1.13 bits per heavy atom. The summed E-state index contributed by atoms with van der Waals surface area (Å²) < 4.78 is 24.8. The molecule has 0 amide bonds. The van der Waals surface area contributed by atoms with Crippen molar-refractivity contribution in [1.29, 1.82) is 0 Å². The molecule has 0 aliphatic rings. The Morgan fingerprint density at radius 3 is 2.20 bits per heavy atom. The summed E-state index contributed by atoms with van der Waals surface area (Å²) in [5.41, 5.74) is 0.230. The Morgan fingerprint density at radius 2 is 1.67 bits per heavy atom. The highest BCUT2D eigenvalue weighted by Crippen LogP contribution is 2.32. The Balaban J connectivity index is 3.12. The molecule has 3 nitrogen and oxygen atoms in total. The quantitative estimate of drug-likeness (QED) is 0.866. The molecule has 0 saturated carbocycles. The van der Waals surface area contributed by atoms with Crippen molar-refractivity contribution in [2.75, 3.05) is 10.5 Å². The fourth-order valence-electron chi connectivity index (χ4n) is 0.840. The Bertz CT molecular complexity index is 473. The van der Waals surface area contributed by atoms with Crippen LogP contribution in [0.5, 0.6) is 0 Å². The lowest BCUT2D eigenvalue weighted by Crippen LogP contribution is -2.14. The van der Waals surface area contributed by atoms with E-state index in [0.29, 0.717) is 0 Å². The lowest BCUT2D eigenvalue weighted by molar-refractivity contribution is 0.602. The van der Waals surface area contributed by atoms with Crippen molar-refractivity contribution in [2.45, 2.75) is 6.92 Å². The highest BCUT2D eigenvalue weighted by Gasteiger charge is 2.11. The van der Waals surface area contributed by atoms with Crippen LogP contribution in [0.3, 0.4) is 0 Å². The number of anilines is 1. The molecule has 7 heteroatoms. The Kier molecular flexibility index (Phi) is 4.12. The first-order chi connectivity index (χ1) is 6.85. The molecule has 1 aromatic rings. The second-order valence-corrected chi connectivity index (χ2v) is 5.98. The molecule has 0 aliphatic heterocycles. The van der Waals surface area contributed by atoms with Gasteiger partial charge < -0.3 is 0 Å². The van der Waals surface area contributed by atoms with Crippen LogP contribution in [0.25, 0.3) is 0 Å². The zero-order valence-electron chi connectivity index (χ0n) is 7.72. The average molecular weight is 289 g/mol. The molecule has 1 rings (SSSR count). The van der Waals surface area contributed by atoms with E-state index >= 15 is 0 Å². The topological polar surface area (TPSA) is 46.2 Å². The fourth-order valence-corrected chi connectivity index (χ4v) is 2.14. The van der Waals surface area contributed by atoms with Crippen LogP contribution in [0, 0.1) is 0 Å². The van der Waals surface area contributed by atoms with Gasteiger partial charge in [-0.25, -0.2) is 8.42 Å². The van der Waals surface area contributed by atoms with Crippen LogP contribution in [-0.2, 0) is 10.0 Å². The van der Waals surface area contributed by atoms with Crippen LogP contribution in [0.15, 0.2) is 12.1 Å². The van der Waals surface area contributed by atoms with Crippen molar-refractivity contribution in [3.05, 3.63) is 27.2 Å². The van der Waals surface area contributed by atoms with E-state index in [2.05, 4.69) is 4.72 Å². The molecule has 0 aromatic heterocycles. The molecular formula is C8H8Cl3NO2S. The summed E-state index contributed by atoms with van der Waals surface area (Å²) in [4.78, 5) is 0. The van der Waals surface area contributed by atoms with E-state index in [1.165, 1.54) is 19.1 Å². The second-order valence-electron chi connectivity index (χ2n) is 2.75. The minimum Gasteiger partial charge on any atom is -0.282 e. The van der Waals surface area contributed by atoms with E-state index in [0.717, 1.165) is 0 Å². The van der Waals surface area contributed by atoms with E-state index in [1.54, 1.807) is 0 Å². The average Bonchev–Trinajstić information content (AvgIpc) is 2.14. The minimum atomic E-state index is -3.36. The number of rotatable bonds is 3. The molecule has 84 valence electrons. The van der Waals surface area contributed by atoms with Gasteiger partial charge in [0.1, 0.15) is 0 Å². The molecule has 0 atom stereocenters. The van der Waals surface area contributed by atoms with Gasteiger partial charge in [0.2, 0.25) is 10.0 Å². The SMILES string of the molecule is CCS(=O)(=O)Nc1cc(Cl)c(Cl)cc1Cl. The smallest absolute Gasteiger partial charge is 0.232 e. The molecule has 0 heterocycles. The van der Waals surface area contributed by atoms with Gasteiger partial charge >= 0.3 is 0 Å². The van der Waals surface area contributed by atoms with Crippen LogP contribution in [0.1, 0.15) is 6.92 Å². The van der Waals surface area contributed by atoms with E-state index < -0.39 is 10.0 Å². The van der Waals surface area contributed by atoms with Gasteiger partial charge in [-0.05, 0) is 19.1 Å². The molecule has 0 spiro atoms. The summed E-state index contributed by atoms with van der Waals surface area (Å²) in [6, 6.07) is 2.76. The molecule has 0 aliphatic carbocycles. The number of hydrogen-bond acceptors (Lipinski definition) is 2. The molecule has 0 fully saturated rings. The van der Waals surface area contributed by atoms with Gasteiger partial charge in [-0.2, -0.15) is 0 Å². The summed E-state index contributed by atoms with van der Waals surface area (Å²) in [5.74, 6) is -0.0381. The summed E-state index contributed by atoms with van der Waals surface area (Å²) >= 11 is 17.2. The van der Waals surface area contributed by atoms with E-state index in [4.69, 9.17) is 34.8 Å². The maximum atomic E-state index is 11.3. The van der Waals surface area contributed by atoms with Crippen molar-refractivity contribution < 1.29 is 8.42 Å². The normalized spacial score (nSPS) is 11.5. The van der Waals surface area contributed by atoms with Crippen LogP contribution < -0.4 is 4.72 Å². The van der Waals surface area contributed by atoms with Gasteiger partial charge in [0, 0.05) is 0 Å². The maximum absolute atomic E-state index is 11.3. The van der Waals surface area contributed by atoms with Gasteiger partial charge in [0.15, 0.2) is 0 Å². The molecule has 0 bridgehead atoms. The summed E-state index contributed by atoms with van der Waals surface area (Å²) in [6.45, 7) is 1.52. The predicted octanol–water partition coefficient (Wildman–Crippen LogP) is 3.41. The number of benzene rings is 1. The zero-order chi connectivity index (χ0) is 11.6. The number of sulfonamides is 1. The molecular weight excluding hydrogens is 281 g/mol. The Labute approximate surface area is 103 Å². The summed E-state index contributed by atoms with van der Waals surface area (Å²) in [7, 11) is -3.36. The number of halogens is 3. The summed E-state index contributed by atoms with van der Waals surface area (Å²) in [6.07, 6.45) is 0. The zero-order valence-corrected chi connectivity index (χ0v) is 10.8. The highest BCUT2D eigenvalue weighted by atomic mass is 35.5. The minimum absolute atomic E-state index is 0.0381. The monoisotopic (exact) mass is 287 g/mol. The molecule has 1 aromatic carbocycles. The molecule has 0 unspecified atom stereocenters. The van der Waals surface area contributed by atoms with Crippen molar-refractivity contribution in [3.8, 4) is 0 Å². The van der Waals surface area contributed by atoms with Crippen LogP contribution in [0.4, 0.5) is 5.69 Å².